The number of unbranched alkanes of at least 4 members (excludes halogenated alkanes) is 1. The van der Waals surface area contributed by atoms with E-state index in [-0.39, 0.29) is 0 Å². The second-order valence-corrected chi connectivity index (χ2v) is 5.43. The summed E-state index contributed by atoms with van der Waals surface area (Å²) < 4.78 is 6.78. The molecule has 0 bridgehead atoms. The number of nitrogens with zero attached hydrogens (tertiary/aromatic N) is 1. The highest BCUT2D eigenvalue weighted by atomic mass is 79.9. The van der Waals surface area contributed by atoms with E-state index in [4.69, 9.17) is 4.74 Å². The molecule has 0 spiro atoms. The fourth-order valence-electron chi connectivity index (χ4n) is 2.12. The molecular weight excluding hydrogens is 292 g/mol. The number of hydrogen-bond donors (Lipinski definition) is 1. The van der Waals surface area contributed by atoms with Crippen LogP contribution in [0.15, 0.2) is 28.7 Å². The van der Waals surface area contributed by atoms with Gasteiger partial charge < -0.3 is 15.0 Å². The molecule has 1 aromatic carbocycles. The average Bonchev–Trinajstić information content (AvgIpc) is 2.42. The Hall–Kier alpha value is -0.580. The Morgan fingerprint density at radius 1 is 1.17 bits per heavy atom. The molecular formula is C14H21BrN2O. The molecule has 1 saturated heterocycles. The van der Waals surface area contributed by atoms with Crippen LogP contribution in [0.2, 0.25) is 0 Å². The summed E-state index contributed by atoms with van der Waals surface area (Å²) in [6, 6.07) is 8.01. The lowest BCUT2D eigenvalue weighted by atomic mass is 10.2. The smallest absolute Gasteiger partial charge is 0.133 e. The first-order valence-corrected chi connectivity index (χ1v) is 7.46. The first kappa shape index (κ1) is 13.8. The summed E-state index contributed by atoms with van der Waals surface area (Å²) in [6.45, 7) is 6.63. The van der Waals surface area contributed by atoms with Gasteiger partial charge in [-0.1, -0.05) is 12.1 Å². The Morgan fingerprint density at radius 3 is 2.72 bits per heavy atom. The van der Waals surface area contributed by atoms with Crippen LogP contribution in [0.25, 0.3) is 0 Å². The van der Waals surface area contributed by atoms with Crippen molar-refractivity contribution < 1.29 is 4.74 Å². The molecule has 1 aliphatic heterocycles. The zero-order chi connectivity index (χ0) is 12.6. The maximum absolute atomic E-state index is 5.75. The molecule has 1 fully saturated rings. The minimum absolute atomic E-state index is 0.800. The molecule has 1 aliphatic rings. The van der Waals surface area contributed by atoms with Gasteiger partial charge in [-0.3, -0.25) is 0 Å². The van der Waals surface area contributed by atoms with Crippen molar-refractivity contribution >= 4 is 15.9 Å². The Morgan fingerprint density at radius 2 is 1.94 bits per heavy atom. The summed E-state index contributed by atoms with van der Waals surface area (Å²) in [5.41, 5.74) is 0. The summed E-state index contributed by atoms with van der Waals surface area (Å²) in [4.78, 5) is 2.52. The summed E-state index contributed by atoms with van der Waals surface area (Å²) in [5, 5.41) is 3.37. The van der Waals surface area contributed by atoms with Gasteiger partial charge in [-0.05, 0) is 47.4 Å². The Balaban J connectivity index is 1.57. The number of hydrogen-bond acceptors (Lipinski definition) is 3. The summed E-state index contributed by atoms with van der Waals surface area (Å²) in [7, 11) is 0. The van der Waals surface area contributed by atoms with E-state index in [2.05, 4.69) is 26.1 Å². The maximum Gasteiger partial charge on any atom is 0.133 e. The van der Waals surface area contributed by atoms with Gasteiger partial charge in [0.2, 0.25) is 0 Å². The number of ether oxygens (including phenoxy) is 1. The number of piperazine rings is 1. The minimum Gasteiger partial charge on any atom is -0.492 e. The Bertz CT molecular complexity index is 353. The van der Waals surface area contributed by atoms with Gasteiger partial charge in [-0.15, -0.1) is 0 Å². The summed E-state index contributed by atoms with van der Waals surface area (Å²) >= 11 is 3.49. The van der Waals surface area contributed by atoms with Crippen LogP contribution in [-0.2, 0) is 0 Å². The first-order chi connectivity index (χ1) is 8.86. The van der Waals surface area contributed by atoms with Gasteiger partial charge in [-0.25, -0.2) is 0 Å². The SMILES string of the molecule is Brc1ccccc1OCCCCN1CCNCC1. The lowest BCUT2D eigenvalue weighted by Crippen LogP contribution is -2.43. The minimum atomic E-state index is 0.800. The van der Waals surface area contributed by atoms with Gasteiger partial charge in [0.05, 0.1) is 11.1 Å². The average molecular weight is 313 g/mol. The molecule has 3 nitrogen and oxygen atoms in total. The number of halogens is 1. The molecule has 0 saturated carbocycles. The van der Waals surface area contributed by atoms with Crippen LogP contribution in [0.5, 0.6) is 5.75 Å². The number of benzene rings is 1. The van der Waals surface area contributed by atoms with Crippen molar-refractivity contribution in [3.8, 4) is 5.75 Å². The molecule has 1 heterocycles. The molecule has 1 N–H and O–H groups in total. The van der Waals surface area contributed by atoms with Crippen molar-refractivity contribution in [1.29, 1.82) is 0 Å². The van der Waals surface area contributed by atoms with Crippen LogP contribution in [0, 0.1) is 0 Å². The van der Waals surface area contributed by atoms with Crippen molar-refractivity contribution in [2.24, 2.45) is 0 Å². The van der Waals surface area contributed by atoms with Gasteiger partial charge in [-0.2, -0.15) is 0 Å². The molecule has 0 radical (unpaired) electrons. The van der Waals surface area contributed by atoms with E-state index in [1.807, 2.05) is 24.3 Å². The van der Waals surface area contributed by atoms with Crippen molar-refractivity contribution in [1.82, 2.24) is 10.2 Å². The molecule has 0 unspecified atom stereocenters. The van der Waals surface area contributed by atoms with Crippen molar-refractivity contribution in [3.63, 3.8) is 0 Å². The molecule has 0 aliphatic carbocycles. The van der Waals surface area contributed by atoms with Crippen LogP contribution in [0.1, 0.15) is 12.8 Å². The predicted octanol–water partition coefficient (Wildman–Crippen LogP) is 2.51. The number of nitrogens with one attached hydrogen (secondary N) is 1. The van der Waals surface area contributed by atoms with E-state index in [0.717, 1.165) is 36.3 Å². The fourth-order valence-corrected chi connectivity index (χ4v) is 2.52. The Kier molecular flexibility index (Phi) is 5.97. The maximum atomic E-state index is 5.75. The lowest BCUT2D eigenvalue weighted by Gasteiger charge is -2.27. The van der Waals surface area contributed by atoms with E-state index >= 15 is 0 Å². The summed E-state index contributed by atoms with van der Waals surface area (Å²) in [6.07, 6.45) is 2.33. The molecule has 1 aromatic rings. The van der Waals surface area contributed by atoms with E-state index in [9.17, 15) is 0 Å². The summed E-state index contributed by atoms with van der Waals surface area (Å²) in [5.74, 6) is 0.944. The lowest BCUT2D eigenvalue weighted by molar-refractivity contribution is 0.226. The molecule has 18 heavy (non-hydrogen) atoms. The molecule has 0 amide bonds. The molecule has 0 aromatic heterocycles. The van der Waals surface area contributed by atoms with Crippen LogP contribution < -0.4 is 10.1 Å². The van der Waals surface area contributed by atoms with E-state index in [0.29, 0.717) is 0 Å². The largest absolute Gasteiger partial charge is 0.492 e. The van der Waals surface area contributed by atoms with Crippen molar-refractivity contribution in [2.75, 3.05) is 39.3 Å². The molecule has 0 atom stereocenters. The van der Waals surface area contributed by atoms with Crippen molar-refractivity contribution in [3.05, 3.63) is 28.7 Å². The second kappa shape index (κ2) is 7.77. The van der Waals surface area contributed by atoms with Gasteiger partial charge in [0.1, 0.15) is 5.75 Å². The highest BCUT2D eigenvalue weighted by Gasteiger charge is 2.08. The third-order valence-electron chi connectivity index (χ3n) is 3.17. The molecule has 4 heteroatoms. The van der Waals surface area contributed by atoms with Gasteiger partial charge in [0.15, 0.2) is 0 Å². The van der Waals surface area contributed by atoms with Crippen LogP contribution in [0.3, 0.4) is 0 Å². The third kappa shape index (κ3) is 4.59. The van der Waals surface area contributed by atoms with E-state index in [1.54, 1.807) is 0 Å². The van der Waals surface area contributed by atoms with Crippen LogP contribution in [0.4, 0.5) is 0 Å². The van der Waals surface area contributed by atoms with E-state index in [1.165, 1.54) is 26.1 Å². The van der Waals surface area contributed by atoms with Crippen LogP contribution in [-0.4, -0.2) is 44.2 Å². The van der Waals surface area contributed by atoms with E-state index < -0.39 is 0 Å². The highest BCUT2D eigenvalue weighted by molar-refractivity contribution is 9.10. The van der Waals surface area contributed by atoms with Gasteiger partial charge in [0.25, 0.3) is 0 Å². The second-order valence-electron chi connectivity index (χ2n) is 4.58. The number of para-hydroxylation sites is 1. The molecule has 2 rings (SSSR count). The number of rotatable bonds is 6. The van der Waals surface area contributed by atoms with Gasteiger partial charge in [0, 0.05) is 26.2 Å². The first-order valence-electron chi connectivity index (χ1n) is 6.66. The molecule has 100 valence electrons. The zero-order valence-electron chi connectivity index (χ0n) is 10.7. The van der Waals surface area contributed by atoms with Gasteiger partial charge >= 0.3 is 0 Å². The predicted molar refractivity (Wildman–Crippen MR) is 78.2 cm³/mol. The zero-order valence-corrected chi connectivity index (χ0v) is 12.3. The third-order valence-corrected chi connectivity index (χ3v) is 3.83. The Labute approximate surface area is 118 Å². The van der Waals surface area contributed by atoms with Crippen molar-refractivity contribution in [2.45, 2.75) is 12.8 Å². The van der Waals surface area contributed by atoms with Crippen LogP contribution >= 0.6 is 15.9 Å². The monoisotopic (exact) mass is 312 g/mol. The standard InChI is InChI=1S/C14H21BrN2O/c15-13-5-1-2-6-14(13)18-12-4-3-9-17-10-7-16-8-11-17/h1-2,5-6,16H,3-4,7-12H2. The highest BCUT2D eigenvalue weighted by Crippen LogP contribution is 2.23. The topological polar surface area (TPSA) is 24.5 Å². The fraction of sp³-hybridized carbons (Fsp3) is 0.571. The quantitative estimate of drug-likeness (QED) is 0.817. The normalized spacial score (nSPS) is 16.7.